The summed E-state index contributed by atoms with van der Waals surface area (Å²) >= 11 is 0. The topological polar surface area (TPSA) is 20.3 Å². The molecule has 2 nitrogen and oxygen atoms in total. The van der Waals surface area contributed by atoms with Crippen LogP contribution in [0, 0.1) is 5.92 Å². The number of aryl methyl sites for hydroxylation is 1. The third-order valence-electron chi connectivity index (χ3n) is 5.33. The number of nitrogens with zero attached hydrogens (tertiary/aromatic N) is 1. The molecule has 24 heavy (non-hydrogen) atoms. The Labute approximate surface area is 143 Å². The van der Waals surface area contributed by atoms with E-state index < -0.39 is 0 Å². The number of Topliss-reactive ketones (excluding diaryl/α,β-unsaturated/α-hetero) is 1. The molecule has 1 unspecified atom stereocenters. The van der Waals surface area contributed by atoms with Gasteiger partial charge in [0.15, 0.2) is 5.78 Å². The molecule has 122 valence electrons. The predicted molar refractivity (Wildman–Crippen MR) is 98.1 cm³/mol. The lowest BCUT2D eigenvalue weighted by molar-refractivity contribution is 0.0863. The van der Waals surface area contributed by atoms with E-state index in [2.05, 4.69) is 47.4 Å². The molecule has 2 aromatic carbocycles. The van der Waals surface area contributed by atoms with Crippen molar-refractivity contribution >= 4 is 11.4 Å². The second kappa shape index (κ2) is 6.74. The lowest BCUT2D eigenvalue weighted by atomic mass is 9.82. The average Bonchev–Trinajstić information content (AvgIpc) is 2.66. The fourth-order valence-electron chi connectivity index (χ4n) is 3.94. The van der Waals surface area contributed by atoms with Crippen molar-refractivity contribution in [3.8, 4) is 0 Å². The van der Waals surface area contributed by atoms with E-state index in [1.54, 1.807) is 0 Å². The second-order valence-electron chi connectivity index (χ2n) is 6.86. The summed E-state index contributed by atoms with van der Waals surface area (Å²) in [6, 6.07) is 18.7. The van der Waals surface area contributed by atoms with Crippen molar-refractivity contribution in [3.05, 3.63) is 77.4 Å². The van der Waals surface area contributed by atoms with Gasteiger partial charge in [0, 0.05) is 31.1 Å². The number of carbonyl (C=O) groups is 1. The van der Waals surface area contributed by atoms with Crippen LogP contribution < -0.4 is 0 Å². The molecule has 0 fully saturated rings. The van der Waals surface area contributed by atoms with E-state index in [1.807, 2.05) is 18.2 Å². The molecule has 1 aliphatic carbocycles. The first-order chi connectivity index (χ1) is 11.8. The Kier molecular flexibility index (Phi) is 4.31. The van der Waals surface area contributed by atoms with Crippen LogP contribution in [0.4, 0.5) is 0 Å². The van der Waals surface area contributed by atoms with Crippen LogP contribution in [0.15, 0.2) is 60.7 Å². The van der Waals surface area contributed by atoms with Crippen LogP contribution in [0.5, 0.6) is 0 Å². The Morgan fingerprint density at radius 2 is 1.75 bits per heavy atom. The van der Waals surface area contributed by atoms with Gasteiger partial charge in [-0.1, -0.05) is 60.7 Å². The smallest absolute Gasteiger partial charge is 0.167 e. The molecule has 0 spiro atoms. The highest BCUT2D eigenvalue weighted by Crippen LogP contribution is 2.28. The Balaban J connectivity index is 1.41. The molecular weight excluding hydrogens is 294 g/mol. The minimum absolute atomic E-state index is 0.159. The number of rotatable bonds is 3. The molecule has 2 heteroatoms. The third kappa shape index (κ3) is 3.07. The van der Waals surface area contributed by atoms with Crippen LogP contribution in [0.3, 0.4) is 0 Å². The van der Waals surface area contributed by atoms with Crippen molar-refractivity contribution < 1.29 is 4.79 Å². The predicted octanol–water partition coefficient (Wildman–Crippen LogP) is 4.22. The minimum atomic E-state index is 0.159. The summed E-state index contributed by atoms with van der Waals surface area (Å²) in [5, 5.41) is 0. The number of hydrogen-bond donors (Lipinski definition) is 0. The summed E-state index contributed by atoms with van der Waals surface area (Å²) in [6.07, 6.45) is 5.43. The van der Waals surface area contributed by atoms with Gasteiger partial charge in [-0.3, -0.25) is 9.69 Å². The van der Waals surface area contributed by atoms with Gasteiger partial charge in [0.05, 0.1) is 0 Å². The molecule has 0 saturated carbocycles. The van der Waals surface area contributed by atoms with Crippen LogP contribution in [0.2, 0.25) is 0 Å². The summed E-state index contributed by atoms with van der Waals surface area (Å²) in [5.74, 6) is 0.501. The van der Waals surface area contributed by atoms with Crippen molar-refractivity contribution in [3.63, 3.8) is 0 Å². The highest BCUT2D eigenvalue weighted by Gasteiger charge is 2.28. The van der Waals surface area contributed by atoms with Crippen LogP contribution in [-0.2, 0) is 6.42 Å². The Bertz CT molecular complexity index is 763. The SMILES string of the molecule is O=C1c2ccccc2CCC1CN1CC=C(c2ccccc2)CC1. The van der Waals surface area contributed by atoms with Crippen molar-refractivity contribution in [2.75, 3.05) is 19.6 Å². The van der Waals surface area contributed by atoms with E-state index in [0.717, 1.165) is 44.5 Å². The molecule has 0 radical (unpaired) electrons. The lowest BCUT2D eigenvalue weighted by Gasteiger charge is -2.31. The number of hydrogen-bond acceptors (Lipinski definition) is 2. The fourth-order valence-corrected chi connectivity index (χ4v) is 3.94. The molecule has 0 N–H and O–H groups in total. The molecule has 1 atom stereocenters. The summed E-state index contributed by atoms with van der Waals surface area (Å²) in [4.78, 5) is 15.2. The molecule has 1 heterocycles. The van der Waals surface area contributed by atoms with Gasteiger partial charge in [0.1, 0.15) is 0 Å². The van der Waals surface area contributed by atoms with Gasteiger partial charge in [-0.25, -0.2) is 0 Å². The van der Waals surface area contributed by atoms with Gasteiger partial charge in [-0.05, 0) is 36.0 Å². The normalized spacial score (nSPS) is 21.2. The second-order valence-corrected chi connectivity index (χ2v) is 6.86. The van der Waals surface area contributed by atoms with E-state index in [-0.39, 0.29) is 5.92 Å². The van der Waals surface area contributed by atoms with Crippen LogP contribution in [0.1, 0.15) is 34.3 Å². The first kappa shape index (κ1) is 15.3. The van der Waals surface area contributed by atoms with Crippen molar-refractivity contribution in [1.82, 2.24) is 4.90 Å². The summed E-state index contributed by atoms with van der Waals surface area (Å²) in [6.45, 7) is 2.90. The number of ketones is 1. The maximum atomic E-state index is 12.7. The monoisotopic (exact) mass is 317 g/mol. The fraction of sp³-hybridized carbons (Fsp3) is 0.318. The molecule has 0 aromatic heterocycles. The summed E-state index contributed by atoms with van der Waals surface area (Å²) < 4.78 is 0. The Hall–Kier alpha value is -2.19. The average molecular weight is 317 g/mol. The van der Waals surface area contributed by atoms with E-state index in [0.29, 0.717) is 5.78 Å². The Morgan fingerprint density at radius 1 is 0.958 bits per heavy atom. The zero-order valence-electron chi connectivity index (χ0n) is 13.9. The Morgan fingerprint density at radius 3 is 2.54 bits per heavy atom. The molecule has 2 aromatic rings. The molecule has 4 rings (SSSR count). The van der Waals surface area contributed by atoms with Gasteiger partial charge in [-0.15, -0.1) is 0 Å². The first-order valence-electron chi connectivity index (χ1n) is 8.90. The molecule has 0 saturated heterocycles. The van der Waals surface area contributed by atoms with Crippen LogP contribution in [-0.4, -0.2) is 30.3 Å². The van der Waals surface area contributed by atoms with Gasteiger partial charge in [-0.2, -0.15) is 0 Å². The number of benzene rings is 2. The van der Waals surface area contributed by atoms with E-state index >= 15 is 0 Å². The largest absolute Gasteiger partial charge is 0.299 e. The van der Waals surface area contributed by atoms with Gasteiger partial charge < -0.3 is 0 Å². The standard InChI is InChI=1S/C22H23NO/c24-22-20(11-10-19-8-4-5-9-21(19)22)16-23-14-12-18(13-15-23)17-6-2-1-3-7-17/h1-9,12,20H,10-11,13-16H2. The zero-order chi connectivity index (χ0) is 16.4. The van der Waals surface area contributed by atoms with Crippen LogP contribution >= 0.6 is 0 Å². The van der Waals surface area contributed by atoms with Crippen molar-refractivity contribution in [2.24, 2.45) is 5.92 Å². The quantitative estimate of drug-likeness (QED) is 0.845. The summed E-state index contributed by atoms with van der Waals surface area (Å²) in [5.41, 5.74) is 4.95. The minimum Gasteiger partial charge on any atom is -0.299 e. The molecule has 0 amide bonds. The number of carbonyl (C=O) groups excluding carboxylic acids is 1. The summed E-state index contributed by atoms with van der Waals surface area (Å²) in [7, 11) is 0. The van der Waals surface area contributed by atoms with E-state index in [1.165, 1.54) is 16.7 Å². The van der Waals surface area contributed by atoms with Gasteiger partial charge >= 0.3 is 0 Å². The highest BCUT2D eigenvalue weighted by atomic mass is 16.1. The highest BCUT2D eigenvalue weighted by molar-refractivity contribution is 6.00. The van der Waals surface area contributed by atoms with Crippen molar-refractivity contribution in [2.45, 2.75) is 19.3 Å². The molecular formula is C22H23NO. The third-order valence-corrected chi connectivity index (χ3v) is 5.33. The number of fused-ring (bicyclic) bond motifs is 1. The van der Waals surface area contributed by atoms with Gasteiger partial charge in [0.2, 0.25) is 0 Å². The van der Waals surface area contributed by atoms with Crippen molar-refractivity contribution in [1.29, 1.82) is 0 Å². The van der Waals surface area contributed by atoms with Crippen LogP contribution in [0.25, 0.3) is 5.57 Å². The zero-order valence-corrected chi connectivity index (χ0v) is 13.9. The first-order valence-corrected chi connectivity index (χ1v) is 8.90. The molecule has 0 bridgehead atoms. The maximum Gasteiger partial charge on any atom is 0.167 e. The lowest BCUT2D eigenvalue weighted by Crippen LogP contribution is -2.37. The van der Waals surface area contributed by atoms with Gasteiger partial charge in [0.25, 0.3) is 0 Å². The maximum absolute atomic E-state index is 12.7. The molecule has 2 aliphatic rings. The molecule has 1 aliphatic heterocycles. The van der Waals surface area contributed by atoms with E-state index in [4.69, 9.17) is 0 Å². The van der Waals surface area contributed by atoms with E-state index in [9.17, 15) is 4.79 Å².